The number of hydrogen-bond donors (Lipinski definition) is 2. The van der Waals surface area contributed by atoms with Crippen LogP contribution in [0.5, 0.6) is 0 Å². The van der Waals surface area contributed by atoms with E-state index in [1.165, 1.54) is 32.1 Å². The molecule has 1 fully saturated rings. The molecule has 0 saturated heterocycles. The Morgan fingerprint density at radius 2 is 2.04 bits per heavy atom. The minimum Gasteiger partial charge on any atom is -0.469 e. The molecule has 2 aromatic heterocycles. The molecule has 0 amide bonds. The zero-order chi connectivity index (χ0) is 18.0. The van der Waals surface area contributed by atoms with Crippen LogP contribution in [0.1, 0.15) is 43.4 Å². The molecule has 0 radical (unpaired) electrons. The van der Waals surface area contributed by atoms with Gasteiger partial charge in [0.1, 0.15) is 10.9 Å². The summed E-state index contributed by atoms with van der Waals surface area (Å²) >= 11 is 5.84. The van der Waals surface area contributed by atoms with Crippen LogP contribution in [0, 0.1) is 0 Å². The summed E-state index contributed by atoms with van der Waals surface area (Å²) in [5, 5.41) is 7.59. The van der Waals surface area contributed by atoms with E-state index in [1.807, 2.05) is 30.5 Å². The smallest absolute Gasteiger partial charge is 0.191 e. The molecular formula is C20H28ClIN4O. The summed E-state index contributed by atoms with van der Waals surface area (Å²) in [6.07, 6.45) is 11.6. The van der Waals surface area contributed by atoms with Gasteiger partial charge in [0.2, 0.25) is 0 Å². The summed E-state index contributed by atoms with van der Waals surface area (Å²) < 4.78 is 5.39. The van der Waals surface area contributed by atoms with E-state index in [4.69, 9.17) is 21.0 Å². The highest BCUT2D eigenvalue weighted by Crippen LogP contribution is 2.17. The second kappa shape index (κ2) is 12.2. The van der Waals surface area contributed by atoms with Crippen molar-refractivity contribution >= 4 is 41.5 Å². The average Bonchev–Trinajstić information content (AvgIpc) is 3.17. The van der Waals surface area contributed by atoms with Crippen LogP contribution in [0.15, 0.2) is 46.1 Å². The van der Waals surface area contributed by atoms with Crippen molar-refractivity contribution in [2.24, 2.45) is 4.99 Å². The molecular weight excluding hydrogens is 475 g/mol. The van der Waals surface area contributed by atoms with Crippen molar-refractivity contribution in [1.82, 2.24) is 15.6 Å². The van der Waals surface area contributed by atoms with Gasteiger partial charge in [-0.3, -0.25) is 4.99 Å². The lowest BCUT2D eigenvalue weighted by molar-refractivity contribution is 0.410. The summed E-state index contributed by atoms with van der Waals surface area (Å²) in [5.74, 6) is 1.86. The van der Waals surface area contributed by atoms with Crippen molar-refractivity contribution in [3.05, 3.63) is 53.2 Å². The number of guanidine groups is 1. The Morgan fingerprint density at radius 1 is 1.19 bits per heavy atom. The molecule has 0 atom stereocenters. The minimum atomic E-state index is 0. The van der Waals surface area contributed by atoms with Crippen LogP contribution in [0.2, 0.25) is 5.15 Å². The van der Waals surface area contributed by atoms with Crippen LogP contribution in [-0.2, 0) is 12.8 Å². The van der Waals surface area contributed by atoms with Gasteiger partial charge in [-0.15, -0.1) is 24.0 Å². The molecule has 5 nitrogen and oxygen atoms in total. The lowest BCUT2D eigenvalue weighted by Gasteiger charge is -2.25. The second-order valence-corrected chi connectivity index (χ2v) is 7.09. The summed E-state index contributed by atoms with van der Waals surface area (Å²) in [7, 11) is 0. The fourth-order valence-corrected chi connectivity index (χ4v) is 3.32. The quantitative estimate of drug-likeness (QED) is 0.251. The third-order valence-corrected chi connectivity index (χ3v) is 4.87. The molecule has 2 heterocycles. The van der Waals surface area contributed by atoms with Gasteiger partial charge in [0, 0.05) is 31.7 Å². The molecule has 1 aliphatic rings. The number of nitrogens with zero attached hydrogens (tertiary/aromatic N) is 2. The first-order chi connectivity index (χ1) is 12.8. The summed E-state index contributed by atoms with van der Waals surface area (Å²) in [6, 6.07) is 8.27. The van der Waals surface area contributed by atoms with Crippen LogP contribution in [0.3, 0.4) is 0 Å². The third kappa shape index (κ3) is 8.09. The summed E-state index contributed by atoms with van der Waals surface area (Å²) in [5.41, 5.74) is 1.16. The minimum absolute atomic E-state index is 0. The van der Waals surface area contributed by atoms with Crippen LogP contribution in [0.25, 0.3) is 0 Å². The van der Waals surface area contributed by atoms with E-state index in [0.717, 1.165) is 36.7 Å². The molecule has 148 valence electrons. The maximum atomic E-state index is 5.84. The van der Waals surface area contributed by atoms with Gasteiger partial charge in [0.15, 0.2) is 5.96 Å². The second-order valence-electron chi connectivity index (χ2n) is 6.70. The number of aromatic nitrogens is 1. The van der Waals surface area contributed by atoms with Crippen molar-refractivity contribution in [3.63, 3.8) is 0 Å². The monoisotopic (exact) mass is 502 g/mol. The lowest BCUT2D eigenvalue weighted by Crippen LogP contribution is -2.45. The predicted octanol–water partition coefficient (Wildman–Crippen LogP) is 4.60. The van der Waals surface area contributed by atoms with Crippen molar-refractivity contribution in [3.8, 4) is 0 Å². The van der Waals surface area contributed by atoms with Crippen LogP contribution in [0.4, 0.5) is 0 Å². The number of hydrogen-bond acceptors (Lipinski definition) is 3. The maximum Gasteiger partial charge on any atom is 0.191 e. The maximum absolute atomic E-state index is 5.84. The topological polar surface area (TPSA) is 62.5 Å². The van der Waals surface area contributed by atoms with Gasteiger partial charge in [-0.2, -0.15) is 0 Å². The molecule has 2 N–H and O–H groups in total. The van der Waals surface area contributed by atoms with E-state index in [2.05, 4.69) is 15.6 Å². The fourth-order valence-electron chi connectivity index (χ4n) is 3.21. The van der Waals surface area contributed by atoms with Crippen LogP contribution < -0.4 is 10.6 Å². The lowest BCUT2D eigenvalue weighted by atomic mass is 9.96. The van der Waals surface area contributed by atoms with E-state index in [-0.39, 0.29) is 24.0 Å². The molecule has 7 heteroatoms. The van der Waals surface area contributed by atoms with E-state index in [1.54, 1.807) is 6.26 Å². The third-order valence-electron chi connectivity index (χ3n) is 4.65. The molecule has 0 spiro atoms. The number of aliphatic imine (C=N–C) groups is 1. The van der Waals surface area contributed by atoms with E-state index < -0.39 is 0 Å². The van der Waals surface area contributed by atoms with Gasteiger partial charge < -0.3 is 15.1 Å². The Balaban J connectivity index is 0.00000261. The first kappa shape index (κ1) is 22.0. The molecule has 27 heavy (non-hydrogen) atoms. The fraction of sp³-hybridized carbons (Fsp3) is 0.500. The Hall–Kier alpha value is -1.28. The van der Waals surface area contributed by atoms with Crippen molar-refractivity contribution in [1.29, 1.82) is 0 Å². The number of furan rings is 1. The highest BCUT2D eigenvalue weighted by Gasteiger charge is 2.14. The first-order valence-corrected chi connectivity index (χ1v) is 9.85. The summed E-state index contributed by atoms with van der Waals surface area (Å²) in [6.45, 7) is 1.51. The number of nitrogens with one attached hydrogen (secondary N) is 2. The average molecular weight is 503 g/mol. The molecule has 3 rings (SSSR count). The Kier molecular flexibility index (Phi) is 9.97. The zero-order valence-electron chi connectivity index (χ0n) is 15.5. The highest BCUT2D eigenvalue weighted by molar-refractivity contribution is 14.0. The highest BCUT2D eigenvalue weighted by atomic mass is 127. The van der Waals surface area contributed by atoms with Crippen LogP contribution in [-0.4, -0.2) is 30.1 Å². The largest absolute Gasteiger partial charge is 0.469 e. The number of pyridine rings is 1. The van der Waals surface area contributed by atoms with Crippen molar-refractivity contribution in [2.75, 3.05) is 13.1 Å². The SMILES string of the molecule is Clc1ccc(CCNC(=NCCc2ccco2)NC2CCCCC2)cn1.I. The number of rotatable bonds is 7. The molecule has 0 unspecified atom stereocenters. The molecule has 0 aromatic carbocycles. The Morgan fingerprint density at radius 3 is 2.74 bits per heavy atom. The van der Waals surface area contributed by atoms with Crippen LogP contribution >= 0.6 is 35.6 Å². The van der Waals surface area contributed by atoms with Crippen molar-refractivity contribution in [2.45, 2.75) is 51.0 Å². The van der Waals surface area contributed by atoms with E-state index >= 15 is 0 Å². The van der Waals surface area contributed by atoms with E-state index in [0.29, 0.717) is 17.7 Å². The standard InChI is InChI=1S/C20H27ClN4O.HI/c21-19-9-8-16(15-24-19)10-12-22-20(25-17-5-2-1-3-6-17)23-13-11-18-7-4-14-26-18;/h4,7-9,14-15,17H,1-3,5-6,10-13H2,(H2,22,23,25);1H. The van der Waals surface area contributed by atoms with Crippen molar-refractivity contribution < 1.29 is 4.42 Å². The molecule has 1 aliphatic carbocycles. The van der Waals surface area contributed by atoms with Gasteiger partial charge in [0.25, 0.3) is 0 Å². The molecule has 0 bridgehead atoms. The predicted molar refractivity (Wildman–Crippen MR) is 121 cm³/mol. The molecule has 2 aromatic rings. The van der Waals surface area contributed by atoms with Gasteiger partial charge in [-0.25, -0.2) is 4.98 Å². The Bertz CT molecular complexity index is 670. The summed E-state index contributed by atoms with van der Waals surface area (Å²) in [4.78, 5) is 8.87. The molecule has 0 aliphatic heterocycles. The normalized spacial score (nSPS) is 15.2. The van der Waals surface area contributed by atoms with Gasteiger partial charge >= 0.3 is 0 Å². The van der Waals surface area contributed by atoms with Gasteiger partial charge in [0.05, 0.1) is 6.26 Å². The van der Waals surface area contributed by atoms with Gasteiger partial charge in [-0.1, -0.05) is 36.9 Å². The zero-order valence-corrected chi connectivity index (χ0v) is 18.6. The Labute approximate surface area is 183 Å². The number of halogens is 2. The van der Waals surface area contributed by atoms with Gasteiger partial charge in [-0.05, 0) is 43.0 Å². The molecule has 1 saturated carbocycles. The first-order valence-electron chi connectivity index (χ1n) is 9.47. The van der Waals surface area contributed by atoms with E-state index in [9.17, 15) is 0 Å².